The molecule has 7 atom stereocenters. The van der Waals surface area contributed by atoms with Crippen LogP contribution < -0.4 is 4.74 Å². The summed E-state index contributed by atoms with van der Waals surface area (Å²) in [6.07, 6.45) is 13.8. The van der Waals surface area contributed by atoms with E-state index < -0.39 is 0 Å². The number of fused-ring (bicyclic) bond motifs is 1. The number of halogens is 1. The maximum Gasteiger partial charge on any atom is 0.127 e. The normalized spacial score (nSPS) is 31.2. The molecule has 0 bridgehead atoms. The molecule has 2 aromatic rings. The highest BCUT2D eigenvalue weighted by molar-refractivity contribution is 9.09. The van der Waals surface area contributed by atoms with Crippen molar-refractivity contribution in [2.75, 3.05) is 11.9 Å². The van der Waals surface area contributed by atoms with Gasteiger partial charge in [-0.25, -0.2) is 0 Å². The number of ether oxygens (including phenoxy) is 1. The van der Waals surface area contributed by atoms with Crippen LogP contribution in [0.4, 0.5) is 0 Å². The molecule has 45 heavy (non-hydrogen) atoms. The predicted molar refractivity (Wildman–Crippen MR) is 187 cm³/mol. The molecule has 3 saturated carbocycles. The van der Waals surface area contributed by atoms with E-state index in [2.05, 4.69) is 62.3 Å². The second-order valence-electron chi connectivity index (χ2n) is 15.1. The lowest BCUT2D eigenvalue weighted by molar-refractivity contribution is 0.0793. The van der Waals surface area contributed by atoms with Crippen LogP contribution in [0.1, 0.15) is 114 Å². The summed E-state index contributed by atoms with van der Waals surface area (Å²) in [4.78, 5) is 0. The van der Waals surface area contributed by atoms with Gasteiger partial charge in [-0.2, -0.15) is 0 Å². The average molecular weight is 678 g/mol. The van der Waals surface area contributed by atoms with Gasteiger partial charge in [0.1, 0.15) is 23.0 Å². The van der Waals surface area contributed by atoms with Gasteiger partial charge in [-0.1, -0.05) is 66.4 Å². The third-order valence-electron chi connectivity index (χ3n) is 12.5. The van der Waals surface area contributed by atoms with Gasteiger partial charge in [-0.05, 0) is 136 Å². The molecule has 4 aliphatic carbocycles. The summed E-state index contributed by atoms with van der Waals surface area (Å²) >= 11 is 3.55. The summed E-state index contributed by atoms with van der Waals surface area (Å²) in [6.45, 7) is 13.8. The summed E-state index contributed by atoms with van der Waals surface area (Å²) in [5.74, 6) is 3.34. The van der Waals surface area contributed by atoms with E-state index >= 15 is 0 Å². The molecular formula is C40H53BrO4. The molecule has 5 heteroatoms. The zero-order valence-corrected chi connectivity index (χ0v) is 29.4. The average Bonchev–Trinajstić information content (AvgIpc) is 3.28. The van der Waals surface area contributed by atoms with Crippen LogP contribution in [-0.4, -0.2) is 27.3 Å². The zero-order chi connectivity index (χ0) is 32.1. The van der Waals surface area contributed by atoms with E-state index in [1.54, 1.807) is 0 Å². The monoisotopic (exact) mass is 676 g/mol. The summed E-state index contributed by atoms with van der Waals surface area (Å²) in [7, 11) is 0. The van der Waals surface area contributed by atoms with Gasteiger partial charge < -0.3 is 20.1 Å². The third kappa shape index (κ3) is 5.43. The van der Waals surface area contributed by atoms with Crippen LogP contribution in [-0.2, 0) is 18.3 Å². The second-order valence-corrected chi connectivity index (χ2v) is 15.9. The minimum Gasteiger partial charge on any atom is -0.507 e. The van der Waals surface area contributed by atoms with Crippen LogP contribution in [0.25, 0.3) is 0 Å². The number of aryl methyl sites for hydroxylation is 2. The number of benzene rings is 2. The first-order chi connectivity index (χ1) is 21.6. The standard InChI is InChI=1S/C40H53BrO4/c1-6-7-8-11-26-18-33(43)38(34(44)19-26)40-22-28(31-21-36(40)39(31,40)5)23-45-35-20-27(12-9-10-15-41)17-32(42)37(35)30-16-25(4)13-14-29(30)24(2)3/h16-20,28-31,36,42-44H,2,6-15,21-23H2,1,3-5H3. The Hall–Kier alpha value is -2.40. The van der Waals surface area contributed by atoms with Gasteiger partial charge in [-0.3, -0.25) is 0 Å². The first-order valence-corrected chi connectivity index (χ1v) is 18.6. The van der Waals surface area contributed by atoms with Crippen LogP contribution in [0.5, 0.6) is 23.0 Å². The Morgan fingerprint density at radius 2 is 1.67 bits per heavy atom. The first kappa shape index (κ1) is 32.5. The molecule has 4 nitrogen and oxygen atoms in total. The largest absolute Gasteiger partial charge is 0.507 e. The van der Waals surface area contributed by atoms with Crippen molar-refractivity contribution in [3.05, 3.63) is 70.3 Å². The van der Waals surface area contributed by atoms with E-state index in [9.17, 15) is 15.3 Å². The fraction of sp³-hybridized carbons (Fsp3) is 0.600. The van der Waals surface area contributed by atoms with Crippen LogP contribution in [0, 0.1) is 29.1 Å². The molecular weight excluding hydrogens is 624 g/mol. The van der Waals surface area contributed by atoms with Gasteiger partial charge >= 0.3 is 0 Å². The maximum atomic E-state index is 11.5. The predicted octanol–water partition coefficient (Wildman–Crippen LogP) is 10.3. The lowest BCUT2D eigenvalue weighted by Gasteiger charge is -2.38. The van der Waals surface area contributed by atoms with Gasteiger partial charge in [0.15, 0.2) is 0 Å². The second kappa shape index (κ2) is 12.7. The van der Waals surface area contributed by atoms with E-state index in [0.29, 0.717) is 30.1 Å². The molecule has 0 heterocycles. The molecule has 0 saturated heterocycles. The zero-order valence-electron chi connectivity index (χ0n) is 27.8. The molecule has 0 aromatic heterocycles. The first-order valence-electron chi connectivity index (χ1n) is 17.5. The Balaban J connectivity index is 1.27. The summed E-state index contributed by atoms with van der Waals surface area (Å²) in [5, 5.41) is 35.1. The van der Waals surface area contributed by atoms with E-state index in [1.165, 1.54) is 5.57 Å². The number of phenolic OH excluding ortho intramolecular Hbond substituents is 3. The molecule has 3 N–H and O–H groups in total. The molecule has 7 unspecified atom stereocenters. The quantitative estimate of drug-likeness (QED) is 0.106. The van der Waals surface area contributed by atoms with Gasteiger partial charge in [0.05, 0.1) is 6.61 Å². The van der Waals surface area contributed by atoms with Crippen molar-refractivity contribution in [3.63, 3.8) is 0 Å². The Bertz CT molecular complexity index is 1450. The number of rotatable bonds is 14. The number of phenols is 3. The van der Waals surface area contributed by atoms with E-state index in [0.717, 1.165) is 110 Å². The smallest absolute Gasteiger partial charge is 0.127 e. The Kier molecular flexibility index (Phi) is 9.15. The van der Waals surface area contributed by atoms with Crippen molar-refractivity contribution < 1.29 is 20.1 Å². The van der Waals surface area contributed by atoms with Crippen molar-refractivity contribution in [3.8, 4) is 23.0 Å². The highest BCUT2D eigenvalue weighted by Gasteiger charge is 2.88. The van der Waals surface area contributed by atoms with Crippen molar-refractivity contribution in [1.82, 2.24) is 0 Å². The highest BCUT2D eigenvalue weighted by Crippen LogP contribution is 2.91. The van der Waals surface area contributed by atoms with Gasteiger partial charge in [0, 0.05) is 27.8 Å². The van der Waals surface area contributed by atoms with Crippen LogP contribution in [0.15, 0.2) is 48.1 Å². The fourth-order valence-electron chi connectivity index (χ4n) is 10.2. The van der Waals surface area contributed by atoms with Gasteiger partial charge in [0.25, 0.3) is 0 Å². The maximum absolute atomic E-state index is 11.5. The highest BCUT2D eigenvalue weighted by atomic mass is 79.9. The minimum atomic E-state index is -0.182. The number of alkyl halides is 1. The van der Waals surface area contributed by atoms with Crippen LogP contribution >= 0.6 is 15.9 Å². The summed E-state index contributed by atoms with van der Waals surface area (Å²) in [6, 6.07) is 7.96. The third-order valence-corrected chi connectivity index (χ3v) is 13.0. The van der Waals surface area contributed by atoms with Crippen molar-refractivity contribution >= 4 is 15.9 Å². The lowest BCUT2D eigenvalue weighted by Crippen LogP contribution is -2.34. The number of hydrogen-bond acceptors (Lipinski definition) is 4. The Morgan fingerprint density at radius 1 is 1.00 bits per heavy atom. The SMILES string of the molecule is C=C(C)C1CCC(C)=CC1c1c(O)cc(CCCCBr)cc1OCC1CC2(c3c(O)cc(CCCCC)cc3O)C3CC1C32C. The number of unbranched alkanes of at least 4 members (excludes halogenated alkanes) is 3. The Labute approximate surface area is 279 Å². The molecule has 0 spiro atoms. The van der Waals surface area contributed by atoms with Gasteiger partial charge in [0.2, 0.25) is 0 Å². The molecule has 0 aliphatic heterocycles. The van der Waals surface area contributed by atoms with E-state index in [4.69, 9.17) is 4.74 Å². The number of allylic oxidation sites excluding steroid dienone is 3. The molecule has 244 valence electrons. The van der Waals surface area contributed by atoms with E-state index in [-0.39, 0.29) is 34.2 Å². The lowest BCUT2D eigenvalue weighted by atomic mass is 9.68. The minimum absolute atomic E-state index is 0.0431. The molecule has 6 rings (SSSR count). The Morgan fingerprint density at radius 3 is 2.33 bits per heavy atom. The fourth-order valence-corrected chi connectivity index (χ4v) is 10.6. The van der Waals surface area contributed by atoms with Crippen LogP contribution in [0.3, 0.4) is 0 Å². The topological polar surface area (TPSA) is 69.9 Å². The summed E-state index contributed by atoms with van der Waals surface area (Å²) in [5.41, 5.74) is 6.23. The van der Waals surface area contributed by atoms with Crippen molar-refractivity contribution in [1.29, 1.82) is 0 Å². The summed E-state index contributed by atoms with van der Waals surface area (Å²) < 4.78 is 6.84. The molecule has 3 fully saturated rings. The van der Waals surface area contributed by atoms with Crippen molar-refractivity contribution in [2.45, 2.75) is 110 Å². The molecule has 0 radical (unpaired) electrons. The number of hydrogen-bond donors (Lipinski definition) is 3. The van der Waals surface area contributed by atoms with Gasteiger partial charge in [-0.15, -0.1) is 0 Å². The van der Waals surface area contributed by atoms with Crippen LogP contribution in [0.2, 0.25) is 0 Å². The molecule has 2 aromatic carbocycles. The van der Waals surface area contributed by atoms with E-state index in [1.807, 2.05) is 18.2 Å². The van der Waals surface area contributed by atoms with Crippen molar-refractivity contribution in [2.24, 2.45) is 29.1 Å². The molecule has 0 amide bonds. The number of aromatic hydroxyl groups is 3. The molecule has 4 aliphatic rings.